The largest absolute Gasteiger partial charge is 0.393 e. The van der Waals surface area contributed by atoms with Gasteiger partial charge in [0.25, 0.3) is 0 Å². The normalized spacial score (nSPS) is 20.2. The number of amides is 1. The molecule has 1 aliphatic carbocycles. The first-order valence-electron chi connectivity index (χ1n) is 9.40. The highest BCUT2D eigenvalue weighted by atomic mass is 16.3. The molecule has 4 rings (SSSR count). The van der Waals surface area contributed by atoms with Gasteiger partial charge in [-0.05, 0) is 49.4 Å². The molecule has 27 heavy (non-hydrogen) atoms. The molecular formula is C21H24N4O2. The lowest BCUT2D eigenvalue weighted by Crippen LogP contribution is -2.41. The van der Waals surface area contributed by atoms with E-state index >= 15 is 0 Å². The van der Waals surface area contributed by atoms with E-state index in [0.717, 1.165) is 22.2 Å². The molecule has 6 nitrogen and oxygen atoms in total. The quantitative estimate of drug-likeness (QED) is 0.705. The molecule has 140 valence electrons. The van der Waals surface area contributed by atoms with E-state index in [0.29, 0.717) is 25.8 Å². The Bertz CT molecular complexity index is 946. The lowest BCUT2D eigenvalue weighted by atomic mass is 9.75. The van der Waals surface area contributed by atoms with Gasteiger partial charge in [-0.2, -0.15) is 5.10 Å². The second kappa shape index (κ2) is 7.48. The zero-order valence-corrected chi connectivity index (χ0v) is 15.4. The van der Waals surface area contributed by atoms with Crippen molar-refractivity contribution in [1.82, 2.24) is 20.1 Å². The number of carbonyl (C=O) groups excluding carboxylic acids is 1. The van der Waals surface area contributed by atoms with Gasteiger partial charge in [0.05, 0.1) is 17.7 Å². The van der Waals surface area contributed by atoms with Crippen LogP contribution in [0.15, 0.2) is 48.8 Å². The molecule has 1 saturated carbocycles. The van der Waals surface area contributed by atoms with E-state index in [9.17, 15) is 9.90 Å². The number of benzene rings is 1. The van der Waals surface area contributed by atoms with Crippen LogP contribution in [0.1, 0.15) is 36.6 Å². The Morgan fingerprint density at radius 1 is 1.33 bits per heavy atom. The van der Waals surface area contributed by atoms with Crippen molar-refractivity contribution < 1.29 is 9.90 Å². The number of nitrogens with zero attached hydrogens (tertiary/aromatic N) is 3. The van der Waals surface area contributed by atoms with Crippen LogP contribution in [-0.2, 0) is 11.3 Å². The molecule has 0 spiro atoms. The van der Waals surface area contributed by atoms with Crippen molar-refractivity contribution in [3.8, 4) is 0 Å². The van der Waals surface area contributed by atoms with Crippen molar-refractivity contribution in [1.29, 1.82) is 0 Å². The molecule has 2 heterocycles. The predicted molar refractivity (Wildman–Crippen MR) is 103 cm³/mol. The standard InChI is InChI=1S/C21H24N4O2/c1-14-6-8-23-25(14)9-7-20(27)24-21(16-11-18(26)12-16)17-10-15-4-2-3-5-19(15)22-13-17/h2-6,8,10,13,16,18,21,26H,7,9,11-12H2,1H3,(H,24,27)/t16?,18?,21-/m0/s1. The fourth-order valence-corrected chi connectivity index (χ4v) is 3.72. The monoisotopic (exact) mass is 364 g/mol. The van der Waals surface area contributed by atoms with Gasteiger partial charge in [0.15, 0.2) is 0 Å². The third kappa shape index (κ3) is 3.85. The lowest BCUT2D eigenvalue weighted by Gasteiger charge is -2.38. The molecule has 1 atom stereocenters. The SMILES string of the molecule is Cc1ccnn1CCC(=O)N[C@H](c1cnc2ccccc2c1)C1CC(O)C1. The Morgan fingerprint density at radius 3 is 2.89 bits per heavy atom. The number of pyridine rings is 1. The van der Waals surface area contributed by atoms with E-state index in [4.69, 9.17) is 0 Å². The van der Waals surface area contributed by atoms with Crippen LogP contribution < -0.4 is 5.32 Å². The van der Waals surface area contributed by atoms with Crippen molar-refractivity contribution in [3.05, 3.63) is 60.0 Å². The highest BCUT2D eigenvalue weighted by molar-refractivity contribution is 5.80. The number of hydrogen-bond donors (Lipinski definition) is 2. The molecular weight excluding hydrogens is 340 g/mol. The summed E-state index contributed by atoms with van der Waals surface area (Å²) in [5.41, 5.74) is 2.98. The maximum Gasteiger partial charge on any atom is 0.222 e. The first kappa shape index (κ1) is 17.7. The highest BCUT2D eigenvalue weighted by Gasteiger charge is 2.35. The number of nitrogens with one attached hydrogen (secondary N) is 1. The number of rotatable bonds is 6. The number of aryl methyl sites for hydroxylation is 2. The van der Waals surface area contributed by atoms with E-state index in [2.05, 4.69) is 21.5 Å². The predicted octanol–water partition coefficient (Wildman–Crippen LogP) is 2.76. The number of fused-ring (bicyclic) bond motifs is 1. The van der Waals surface area contributed by atoms with Crippen molar-refractivity contribution in [3.63, 3.8) is 0 Å². The number of para-hydroxylation sites is 1. The van der Waals surface area contributed by atoms with Crippen molar-refractivity contribution in [2.24, 2.45) is 5.92 Å². The summed E-state index contributed by atoms with van der Waals surface area (Å²) < 4.78 is 1.83. The van der Waals surface area contributed by atoms with Crippen LogP contribution in [0, 0.1) is 12.8 Å². The van der Waals surface area contributed by atoms with E-state index in [1.807, 2.05) is 48.1 Å². The topological polar surface area (TPSA) is 80.0 Å². The second-order valence-electron chi connectivity index (χ2n) is 7.34. The van der Waals surface area contributed by atoms with E-state index in [-0.39, 0.29) is 24.0 Å². The Hall–Kier alpha value is -2.73. The summed E-state index contributed by atoms with van der Waals surface area (Å²) in [6, 6.07) is 11.9. The number of hydrogen-bond acceptors (Lipinski definition) is 4. The van der Waals surface area contributed by atoms with Crippen molar-refractivity contribution in [2.75, 3.05) is 0 Å². The van der Waals surface area contributed by atoms with Gasteiger partial charge in [-0.15, -0.1) is 0 Å². The van der Waals surface area contributed by atoms with Gasteiger partial charge in [-0.1, -0.05) is 18.2 Å². The average Bonchev–Trinajstić information content (AvgIpc) is 3.06. The lowest BCUT2D eigenvalue weighted by molar-refractivity contribution is -0.123. The molecule has 0 bridgehead atoms. The van der Waals surface area contributed by atoms with Gasteiger partial charge < -0.3 is 10.4 Å². The molecule has 0 aliphatic heterocycles. The summed E-state index contributed by atoms with van der Waals surface area (Å²) in [5, 5.41) is 18.2. The minimum absolute atomic E-state index is 0.00977. The summed E-state index contributed by atoms with van der Waals surface area (Å²) in [5.74, 6) is 0.225. The third-order valence-electron chi connectivity index (χ3n) is 5.39. The Morgan fingerprint density at radius 2 is 2.15 bits per heavy atom. The Kier molecular flexibility index (Phi) is 4.90. The van der Waals surface area contributed by atoms with Crippen LogP contribution in [0.2, 0.25) is 0 Å². The minimum Gasteiger partial charge on any atom is -0.393 e. The Labute approximate surface area is 158 Å². The van der Waals surface area contributed by atoms with Crippen LogP contribution in [0.3, 0.4) is 0 Å². The van der Waals surface area contributed by atoms with Crippen molar-refractivity contribution >= 4 is 16.8 Å². The zero-order valence-electron chi connectivity index (χ0n) is 15.4. The van der Waals surface area contributed by atoms with Gasteiger partial charge in [-0.3, -0.25) is 14.5 Å². The average molecular weight is 364 g/mol. The molecule has 2 N–H and O–H groups in total. The summed E-state index contributed by atoms with van der Waals surface area (Å²) in [6.45, 7) is 2.53. The molecule has 0 unspecified atom stereocenters. The molecule has 6 heteroatoms. The first-order chi connectivity index (χ1) is 13.1. The van der Waals surface area contributed by atoms with Crippen LogP contribution in [0.25, 0.3) is 10.9 Å². The highest BCUT2D eigenvalue weighted by Crippen LogP contribution is 2.38. The zero-order chi connectivity index (χ0) is 18.8. The Balaban J connectivity index is 1.50. The minimum atomic E-state index is -0.269. The molecule has 1 aliphatic rings. The second-order valence-corrected chi connectivity index (χ2v) is 7.34. The number of aliphatic hydroxyl groups excluding tert-OH is 1. The van der Waals surface area contributed by atoms with Gasteiger partial charge in [0.1, 0.15) is 0 Å². The number of carbonyl (C=O) groups is 1. The fourth-order valence-electron chi connectivity index (χ4n) is 3.72. The maximum atomic E-state index is 12.6. The summed E-state index contributed by atoms with van der Waals surface area (Å²) >= 11 is 0. The molecule has 2 aromatic heterocycles. The van der Waals surface area contributed by atoms with Gasteiger partial charge in [0, 0.05) is 36.4 Å². The van der Waals surface area contributed by atoms with Crippen molar-refractivity contribution in [2.45, 2.75) is 44.9 Å². The van der Waals surface area contributed by atoms with Gasteiger partial charge >= 0.3 is 0 Å². The van der Waals surface area contributed by atoms with Crippen LogP contribution >= 0.6 is 0 Å². The third-order valence-corrected chi connectivity index (χ3v) is 5.39. The number of aromatic nitrogens is 3. The molecule has 1 amide bonds. The van der Waals surface area contributed by atoms with Gasteiger partial charge in [0.2, 0.25) is 5.91 Å². The first-order valence-corrected chi connectivity index (χ1v) is 9.40. The molecule has 1 fully saturated rings. The molecule has 0 saturated heterocycles. The van der Waals surface area contributed by atoms with Crippen LogP contribution in [0.4, 0.5) is 0 Å². The van der Waals surface area contributed by atoms with Gasteiger partial charge in [-0.25, -0.2) is 0 Å². The van der Waals surface area contributed by atoms with E-state index in [1.165, 1.54) is 0 Å². The smallest absolute Gasteiger partial charge is 0.222 e. The van der Waals surface area contributed by atoms with Crippen LogP contribution in [0.5, 0.6) is 0 Å². The van der Waals surface area contributed by atoms with E-state index in [1.54, 1.807) is 6.20 Å². The maximum absolute atomic E-state index is 12.6. The fraction of sp³-hybridized carbons (Fsp3) is 0.381. The molecule has 0 radical (unpaired) electrons. The summed E-state index contributed by atoms with van der Waals surface area (Å²) in [6.07, 6.45) is 5.10. The molecule has 1 aromatic carbocycles. The van der Waals surface area contributed by atoms with Crippen LogP contribution in [-0.4, -0.2) is 31.9 Å². The number of aliphatic hydroxyl groups is 1. The molecule has 3 aromatic rings. The summed E-state index contributed by atoms with van der Waals surface area (Å²) in [7, 11) is 0. The van der Waals surface area contributed by atoms with E-state index < -0.39 is 0 Å². The summed E-state index contributed by atoms with van der Waals surface area (Å²) in [4.78, 5) is 17.1.